The highest BCUT2D eigenvalue weighted by Crippen LogP contribution is 2.54. The summed E-state index contributed by atoms with van der Waals surface area (Å²) in [6.45, 7) is 1.83. The first-order valence-corrected chi connectivity index (χ1v) is 9.09. The Morgan fingerprint density at radius 2 is 1.48 bits per heavy atom. The van der Waals surface area contributed by atoms with Crippen LogP contribution in [-0.4, -0.2) is 17.2 Å². The molecule has 0 radical (unpaired) electrons. The minimum atomic E-state index is -4.81. The lowest BCUT2D eigenvalue weighted by Gasteiger charge is -2.41. The van der Waals surface area contributed by atoms with Gasteiger partial charge in [-0.1, -0.05) is 66.2 Å². The van der Waals surface area contributed by atoms with Crippen molar-refractivity contribution in [2.75, 3.05) is 4.90 Å². The van der Waals surface area contributed by atoms with Crippen LogP contribution in [0.2, 0.25) is 0 Å². The number of hydrogen-bond donors (Lipinski definition) is 1. The molecular weight excluding hydrogens is 379 g/mol. The summed E-state index contributed by atoms with van der Waals surface area (Å²) in [5.74, 6) is -3.00. The summed E-state index contributed by atoms with van der Waals surface area (Å²) < 4.78 is 43.1. The van der Waals surface area contributed by atoms with Gasteiger partial charge in [0.25, 0.3) is 5.91 Å². The Morgan fingerprint density at radius 3 is 2.10 bits per heavy atom. The van der Waals surface area contributed by atoms with Gasteiger partial charge in [0, 0.05) is 16.8 Å². The van der Waals surface area contributed by atoms with Crippen molar-refractivity contribution >= 4 is 11.6 Å². The van der Waals surface area contributed by atoms with Crippen molar-refractivity contribution in [3.8, 4) is 0 Å². The molecule has 1 amide bonds. The average molecular weight is 397 g/mol. The van der Waals surface area contributed by atoms with E-state index >= 15 is 0 Å². The van der Waals surface area contributed by atoms with E-state index in [9.17, 15) is 23.1 Å². The van der Waals surface area contributed by atoms with Crippen LogP contribution >= 0.6 is 0 Å². The number of aryl methyl sites for hydroxylation is 1. The molecule has 148 valence electrons. The number of alkyl halides is 3. The fraction of sp³-hybridized carbons (Fsp3) is 0.174. The highest BCUT2D eigenvalue weighted by Gasteiger charge is 2.63. The Morgan fingerprint density at radius 1 is 0.897 bits per heavy atom. The molecule has 0 aromatic heterocycles. The van der Waals surface area contributed by atoms with Gasteiger partial charge < -0.3 is 5.11 Å². The van der Waals surface area contributed by atoms with Gasteiger partial charge in [0.2, 0.25) is 0 Å². The fourth-order valence-electron chi connectivity index (χ4n) is 3.97. The smallest absolute Gasteiger partial charge is 0.366 e. The van der Waals surface area contributed by atoms with E-state index in [1.807, 2.05) is 6.92 Å². The highest BCUT2D eigenvalue weighted by molar-refractivity contribution is 6.12. The molecule has 3 aromatic carbocycles. The van der Waals surface area contributed by atoms with E-state index in [0.29, 0.717) is 0 Å². The van der Waals surface area contributed by atoms with Crippen LogP contribution in [0.15, 0.2) is 78.9 Å². The lowest BCUT2D eigenvalue weighted by molar-refractivity contribution is -0.197. The second kappa shape index (κ2) is 6.74. The van der Waals surface area contributed by atoms with E-state index in [2.05, 4.69) is 0 Å². The molecule has 0 spiro atoms. The van der Waals surface area contributed by atoms with E-state index in [1.54, 1.807) is 36.4 Å². The molecule has 1 aliphatic rings. The number of anilines is 1. The summed E-state index contributed by atoms with van der Waals surface area (Å²) in [4.78, 5) is 14.0. The number of carbonyl (C=O) groups excluding carboxylic acids is 1. The topological polar surface area (TPSA) is 40.5 Å². The first kappa shape index (κ1) is 19.2. The van der Waals surface area contributed by atoms with Gasteiger partial charge in [-0.15, -0.1) is 0 Å². The molecule has 0 bridgehead atoms. The molecular formula is C23H18F3NO2. The Labute approximate surface area is 166 Å². The minimum Gasteiger partial charge on any atom is -0.366 e. The summed E-state index contributed by atoms with van der Waals surface area (Å²) in [6.07, 6.45) is -4.81. The molecule has 0 saturated heterocycles. The summed E-state index contributed by atoms with van der Waals surface area (Å²) in [6, 6.07) is 19.6. The number of hydrogen-bond acceptors (Lipinski definition) is 2. The van der Waals surface area contributed by atoms with Gasteiger partial charge in [0.05, 0.1) is 0 Å². The van der Waals surface area contributed by atoms with E-state index < -0.39 is 23.7 Å². The Hall–Kier alpha value is -3.12. The van der Waals surface area contributed by atoms with Crippen LogP contribution in [0.25, 0.3) is 0 Å². The third-order valence-electron chi connectivity index (χ3n) is 5.25. The zero-order valence-corrected chi connectivity index (χ0v) is 15.5. The number of rotatable bonds is 3. The van der Waals surface area contributed by atoms with Gasteiger partial charge in [-0.05, 0) is 30.7 Å². The summed E-state index contributed by atoms with van der Waals surface area (Å²) in [7, 11) is 0. The zero-order valence-electron chi connectivity index (χ0n) is 15.5. The maximum Gasteiger partial charge on any atom is 0.400 e. The predicted molar refractivity (Wildman–Crippen MR) is 104 cm³/mol. The Balaban J connectivity index is 2.01. The molecule has 29 heavy (non-hydrogen) atoms. The number of carbonyl (C=O) groups is 1. The molecule has 3 aromatic rings. The van der Waals surface area contributed by atoms with Crippen molar-refractivity contribution in [1.82, 2.24) is 0 Å². The molecule has 2 atom stereocenters. The standard InChI is InChI=1S/C23H18F3NO2/c1-15-11-13-17(14-12-15)27-21(28)18-9-5-6-10-19(18)22(27,29)20(23(24,25)26)16-7-3-2-4-8-16/h2-14,20,29H,1H3. The quantitative estimate of drug-likeness (QED) is 0.664. The second-order valence-corrected chi connectivity index (χ2v) is 7.13. The SMILES string of the molecule is Cc1ccc(N2C(=O)c3ccccc3C2(O)C(c2ccccc2)C(F)(F)F)cc1. The van der Waals surface area contributed by atoms with Crippen molar-refractivity contribution in [2.45, 2.75) is 24.7 Å². The second-order valence-electron chi connectivity index (χ2n) is 7.13. The van der Waals surface area contributed by atoms with Crippen molar-refractivity contribution in [3.05, 3.63) is 101 Å². The van der Waals surface area contributed by atoms with E-state index in [0.717, 1.165) is 10.5 Å². The zero-order chi connectivity index (χ0) is 20.8. The van der Waals surface area contributed by atoms with Crippen molar-refractivity contribution < 1.29 is 23.1 Å². The van der Waals surface area contributed by atoms with Crippen molar-refractivity contribution in [1.29, 1.82) is 0 Å². The number of benzene rings is 3. The molecule has 1 aliphatic heterocycles. The molecule has 0 fully saturated rings. The van der Waals surface area contributed by atoms with Crippen LogP contribution in [0.1, 0.15) is 33.0 Å². The minimum absolute atomic E-state index is 0.0563. The maximum absolute atomic E-state index is 14.4. The van der Waals surface area contributed by atoms with E-state index in [4.69, 9.17) is 0 Å². The third kappa shape index (κ3) is 3.00. The average Bonchev–Trinajstić information content (AvgIpc) is 2.91. The third-order valence-corrected chi connectivity index (χ3v) is 5.25. The monoisotopic (exact) mass is 397 g/mol. The number of nitrogens with zero attached hydrogens (tertiary/aromatic N) is 1. The highest BCUT2D eigenvalue weighted by atomic mass is 19.4. The normalized spacial score (nSPS) is 19.9. The first-order valence-electron chi connectivity index (χ1n) is 9.09. The van der Waals surface area contributed by atoms with Crippen LogP contribution in [0.3, 0.4) is 0 Å². The predicted octanol–water partition coefficient (Wildman–Crippen LogP) is 5.15. The molecule has 2 unspecified atom stereocenters. The molecule has 4 rings (SSSR count). The van der Waals surface area contributed by atoms with Gasteiger partial charge in [0.1, 0.15) is 5.92 Å². The van der Waals surface area contributed by atoms with E-state index in [1.165, 1.54) is 42.5 Å². The molecule has 0 saturated carbocycles. The summed E-state index contributed by atoms with van der Waals surface area (Å²) in [5, 5.41) is 11.7. The number of amides is 1. The van der Waals surface area contributed by atoms with Crippen LogP contribution in [-0.2, 0) is 5.72 Å². The Bertz CT molecular complexity index is 1050. The molecule has 0 aliphatic carbocycles. The van der Waals surface area contributed by atoms with Crippen LogP contribution in [0, 0.1) is 6.92 Å². The molecule has 6 heteroatoms. The molecule has 3 nitrogen and oxygen atoms in total. The number of aliphatic hydroxyl groups is 1. The van der Waals surface area contributed by atoms with Gasteiger partial charge in [-0.25, -0.2) is 0 Å². The van der Waals surface area contributed by atoms with Gasteiger partial charge in [-0.3, -0.25) is 9.69 Å². The number of fused-ring (bicyclic) bond motifs is 1. The summed E-state index contributed by atoms with van der Waals surface area (Å²) >= 11 is 0. The molecule has 1 N–H and O–H groups in total. The summed E-state index contributed by atoms with van der Waals surface area (Å²) in [5.41, 5.74) is -1.66. The lowest BCUT2D eigenvalue weighted by atomic mass is 9.82. The Kier molecular flexibility index (Phi) is 4.46. The first-order chi connectivity index (χ1) is 13.7. The van der Waals surface area contributed by atoms with Crippen LogP contribution in [0.4, 0.5) is 18.9 Å². The van der Waals surface area contributed by atoms with Gasteiger partial charge >= 0.3 is 6.18 Å². The number of halogens is 3. The van der Waals surface area contributed by atoms with Crippen LogP contribution in [0.5, 0.6) is 0 Å². The van der Waals surface area contributed by atoms with Crippen LogP contribution < -0.4 is 4.90 Å². The largest absolute Gasteiger partial charge is 0.400 e. The maximum atomic E-state index is 14.4. The van der Waals surface area contributed by atoms with Crippen molar-refractivity contribution in [2.24, 2.45) is 0 Å². The van der Waals surface area contributed by atoms with Gasteiger partial charge in [-0.2, -0.15) is 13.2 Å². The van der Waals surface area contributed by atoms with Crippen molar-refractivity contribution in [3.63, 3.8) is 0 Å². The lowest BCUT2D eigenvalue weighted by Crippen LogP contribution is -2.52. The fourth-order valence-corrected chi connectivity index (χ4v) is 3.97. The van der Waals surface area contributed by atoms with E-state index in [-0.39, 0.29) is 22.4 Å². The van der Waals surface area contributed by atoms with Gasteiger partial charge in [0.15, 0.2) is 5.72 Å². The molecule has 1 heterocycles.